The summed E-state index contributed by atoms with van der Waals surface area (Å²) in [6.07, 6.45) is 1.13. The van der Waals surface area contributed by atoms with Crippen molar-refractivity contribution in [2.75, 3.05) is 33.3 Å². The predicted molar refractivity (Wildman–Crippen MR) is 122 cm³/mol. The van der Waals surface area contributed by atoms with Crippen LogP contribution < -0.4 is 14.8 Å². The summed E-state index contributed by atoms with van der Waals surface area (Å²) < 4.78 is 24.9. The van der Waals surface area contributed by atoms with Crippen LogP contribution in [0.2, 0.25) is 0 Å². The quantitative estimate of drug-likeness (QED) is 0.461. The first-order valence-corrected chi connectivity index (χ1v) is 9.64. The van der Waals surface area contributed by atoms with Crippen molar-refractivity contribution in [1.29, 1.82) is 0 Å². The number of nitrogens with one attached hydrogen (secondary N) is 1. The Labute approximate surface area is 186 Å². The lowest BCUT2D eigenvalue weighted by atomic mass is 10.2. The maximum absolute atomic E-state index is 13.7. The van der Waals surface area contributed by atoms with Crippen LogP contribution in [0.5, 0.6) is 11.5 Å². The van der Waals surface area contributed by atoms with Gasteiger partial charge in [-0.1, -0.05) is 38.1 Å². The summed E-state index contributed by atoms with van der Waals surface area (Å²) in [7, 11) is 1.62. The Morgan fingerprint density at radius 1 is 1.00 bits per heavy atom. The van der Waals surface area contributed by atoms with Crippen LogP contribution >= 0.6 is 24.8 Å². The maximum Gasteiger partial charge on any atom is 0.161 e. The van der Waals surface area contributed by atoms with Crippen LogP contribution in [0.1, 0.15) is 31.4 Å². The molecule has 0 aliphatic rings. The summed E-state index contributed by atoms with van der Waals surface area (Å²) in [5.74, 6) is 1.02. The van der Waals surface area contributed by atoms with Gasteiger partial charge in [0.2, 0.25) is 0 Å². The molecule has 2 rings (SSSR count). The third kappa shape index (κ3) is 9.22. The summed E-state index contributed by atoms with van der Waals surface area (Å²) in [6.45, 7) is 9.63. The fraction of sp³-hybridized carbons (Fsp3) is 0.455. The fourth-order valence-corrected chi connectivity index (χ4v) is 2.91. The molecule has 0 bridgehead atoms. The van der Waals surface area contributed by atoms with Crippen molar-refractivity contribution < 1.29 is 13.9 Å². The molecule has 0 heterocycles. The Morgan fingerprint density at radius 2 is 1.72 bits per heavy atom. The van der Waals surface area contributed by atoms with Gasteiger partial charge in [0.15, 0.2) is 11.5 Å². The van der Waals surface area contributed by atoms with Gasteiger partial charge in [-0.25, -0.2) is 4.39 Å². The number of hydrogen-bond donors (Lipinski definition) is 1. The minimum absolute atomic E-state index is 0. The number of methoxy groups -OCH3 is 1. The molecule has 164 valence electrons. The smallest absolute Gasteiger partial charge is 0.161 e. The molecule has 0 atom stereocenters. The van der Waals surface area contributed by atoms with Gasteiger partial charge < -0.3 is 19.7 Å². The normalized spacial score (nSPS) is 10.2. The molecule has 1 N–H and O–H groups in total. The number of halogens is 3. The van der Waals surface area contributed by atoms with E-state index in [2.05, 4.69) is 24.1 Å². The molecule has 0 aliphatic heterocycles. The second-order valence-electron chi connectivity index (χ2n) is 6.42. The Balaban J connectivity index is 0.00000392. The monoisotopic (exact) mass is 446 g/mol. The van der Waals surface area contributed by atoms with E-state index < -0.39 is 0 Å². The van der Waals surface area contributed by atoms with Gasteiger partial charge in [0.05, 0.1) is 7.11 Å². The highest BCUT2D eigenvalue weighted by atomic mass is 35.5. The Bertz CT molecular complexity index is 700. The number of hydrogen-bond acceptors (Lipinski definition) is 4. The van der Waals surface area contributed by atoms with Crippen LogP contribution in [0.4, 0.5) is 4.39 Å². The maximum atomic E-state index is 13.7. The second kappa shape index (κ2) is 15.3. The molecule has 0 radical (unpaired) electrons. The molecular weight excluding hydrogens is 414 g/mol. The van der Waals surface area contributed by atoms with Gasteiger partial charge in [-0.2, -0.15) is 0 Å². The standard InChI is InChI=1S/C22H31FN2O2.2ClH/c1-4-25(5-2)14-8-13-24-16-18-11-12-21(22(15-18)26-3)27-17-19-9-6-7-10-20(19)23;;/h6-7,9-12,15,24H,4-5,8,13-14,16-17H2,1-3H3;2*1H. The molecule has 2 aromatic rings. The summed E-state index contributed by atoms with van der Waals surface area (Å²) >= 11 is 0. The fourth-order valence-electron chi connectivity index (χ4n) is 2.91. The molecule has 0 saturated heterocycles. The molecular formula is C22H33Cl2FN2O2. The van der Waals surface area contributed by atoms with E-state index in [1.165, 1.54) is 6.07 Å². The zero-order valence-electron chi connectivity index (χ0n) is 17.4. The van der Waals surface area contributed by atoms with Gasteiger partial charge >= 0.3 is 0 Å². The van der Waals surface area contributed by atoms with E-state index in [4.69, 9.17) is 9.47 Å². The van der Waals surface area contributed by atoms with E-state index in [0.29, 0.717) is 17.1 Å². The summed E-state index contributed by atoms with van der Waals surface area (Å²) in [5.41, 5.74) is 1.66. The molecule has 2 aromatic carbocycles. The van der Waals surface area contributed by atoms with E-state index in [1.54, 1.807) is 25.3 Å². The van der Waals surface area contributed by atoms with Gasteiger partial charge in [-0.05, 0) is 56.4 Å². The van der Waals surface area contributed by atoms with E-state index >= 15 is 0 Å². The van der Waals surface area contributed by atoms with Crippen molar-refractivity contribution in [1.82, 2.24) is 10.2 Å². The summed E-state index contributed by atoms with van der Waals surface area (Å²) in [5, 5.41) is 3.47. The van der Waals surface area contributed by atoms with Crippen molar-refractivity contribution in [3.63, 3.8) is 0 Å². The molecule has 0 fully saturated rings. The molecule has 0 saturated carbocycles. The predicted octanol–water partition coefficient (Wildman–Crippen LogP) is 5.08. The molecule has 0 spiro atoms. The molecule has 0 aromatic heterocycles. The third-order valence-corrected chi connectivity index (χ3v) is 4.62. The lowest BCUT2D eigenvalue weighted by molar-refractivity contribution is 0.279. The number of nitrogens with zero attached hydrogens (tertiary/aromatic N) is 1. The molecule has 7 heteroatoms. The van der Waals surface area contributed by atoms with Gasteiger partial charge in [0.25, 0.3) is 0 Å². The van der Waals surface area contributed by atoms with Crippen molar-refractivity contribution >= 4 is 24.8 Å². The molecule has 4 nitrogen and oxygen atoms in total. The van der Waals surface area contributed by atoms with Crippen LogP contribution in [0, 0.1) is 5.82 Å². The minimum atomic E-state index is -0.262. The lowest BCUT2D eigenvalue weighted by Crippen LogP contribution is -2.27. The van der Waals surface area contributed by atoms with Crippen LogP contribution in [0.25, 0.3) is 0 Å². The second-order valence-corrected chi connectivity index (χ2v) is 6.42. The number of ether oxygens (including phenoxy) is 2. The Hall–Kier alpha value is -1.53. The van der Waals surface area contributed by atoms with Crippen LogP contribution in [0.3, 0.4) is 0 Å². The molecule has 29 heavy (non-hydrogen) atoms. The average Bonchev–Trinajstić information content (AvgIpc) is 2.70. The van der Waals surface area contributed by atoms with Gasteiger partial charge in [-0.15, -0.1) is 24.8 Å². The zero-order valence-corrected chi connectivity index (χ0v) is 19.1. The number of benzene rings is 2. The lowest BCUT2D eigenvalue weighted by Gasteiger charge is -2.17. The van der Waals surface area contributed by atoms with Crippen LogP contribution in [0.15, 0.2) is 42.5 Å². The van der Waals surface area contributed by atoms with Gasteiger partial charge in [0.1, 0.15) is 12.4 Å². The highest BCUT2D eigenvalue weighted by Crippen LogP contribution is 2.29. The Kier molecular flexibility index (Phi) is 14.5. The van der Waals surface area contributed by atoms with E-state index in [1.807, 2.05) is 18.2 Å². The van der Waals surface area contributed by atoms with Crippen molar-refractivity contribution in [3.05, 3.63) is 59.4 Å². The summed E-state index contributed by atoms with van der Waals surface area (Å²) in [6, 6.07) is 12.5. The first kappa shape index (κ1) is 27.5. The molecule has 0 aliphatic carbocycles. The van der Waals surface area contributed by atoms with E-state index in [0.717, 1.165) is 44.7 Å². The molecule has 0 unspecified atom stereocenters. The van der Waals surface area contributed by atoms with Crippen molar-refractivity contribution in [2.24, 2.45) is 0 Å². The van der Waals surface area contributed by atoms with Gasteiger partial charge in [-0.3, -0.25) is 0 Å². The van der Waals surface area contributed by atoms with Crippen LogP contribution in [-0.2, 0) is 13.2 Å². The zero-order chi connectivity index (χ0) is 19.5. The van der Waals surface area contributed by atoms with Crippen LogP contribution in [-0.4, -0.2) is 38.2 Å². The van der Waals surface area contributed by atoms with Gasteiger partial charge in [0, 0.05) is 12.1 Å². The average molecular weight is 447 g/mol. The number of rotatable bonds is 12. The Morgan fingerprint density at radius 3 is 2.38 bits per heavy atom. The van der Waals surface area contributed by atoms with Crippen molar-refractivity contribution in [2.45, 2.75) is 33.4 Å². The highest BCUT2D eigenvalue weighted by Gasteiger charge is 2.08. The minimum Gasteiger partial charge on any atom is -0.493 e. The van der Waals surface area contributed by atoms with E-state index in [-0.39, 0.29) is 37.2 Å². The van der Waals surface area contributed by atoms with E-state index in [9.17, 15) is 4.39 Å². The summed E-state index contributed by atoms with van der Waals surface area (Å²) in [4.78, 5) is 2.42. The first-order valence-electron chi connectivity index (χ1n) is 9.64. The topological polar surface area (TPSA) is 33.7 Å². The third-order valence-electron chi connectivity index (χ3n) is 4.62. The largest absolute Gasteiger partial charge is 0.493 e. The molecule has 0 amide bonds. The SMILES string of the molecule is CCN(CC)CCCNCc1ccc(OCc2ccccc2F)c(OC)c1.Cl.Cl. The first-order chi connectivity index (χ1) is 13.2. The highest BCUT2D eigenvalue weighted by molar-refractivity contribution is 5.85. The van der Waals surface area contributed by atoms with Crippen molar-refractivity contribution in [3.8, 4) is 11.5 Å².